The van der Waals surface area contributed by atoms with E-state index in [-0.39, 0.29) is 24.3 Å². The highest BCUT2D eigenvalue weighted by Crippen LogP contribution is 2.21. The Kier molecular flexibility index (Phi) is 6.52. The van der Waals surface area contributed by atoms with Gasteiger partial charge in [0.15, 0.2) is 0 Å². The molecule has 0 spiro atoms. The largest absolute Gasteiger partial charge is 0.355 e. The summed E-state index contributed by atoms with van der Waals surface area (Å²) in [5, 5.41) is 6.80. The summed E-state index contributed by atoms with van der Waals surface area (Å²) in [5.74, 6) is -0.463. The molecular formula is C16H20Cl2N2O2. The Morgan fingerprint density at radius 3 is 2.55 bits per heavy atom. The second kappa shape index (κ2) is 8.39. The summed E-state index contributed by atoms with van der Waals surface area (Å²) in [6.07, 6.45) is 4.82. The third-order valence-corrected chi connectivity index (χ3v) is 4.36. The second-order valence-corrected chi connectivity index (χ2v) is 6.40. The second-order valence-electron chi connectivity index (χ2n) is 5.56. The van der Waals surface area contributed by atoms with Crippen molar-refractivity contribution < 1.29 is 9.59 Å². The van der Waals surface area contributed by atoms with Crippen LogP contribution in [-0.2, 0) is 16.0 Å². The molecule has 1 aliphatic carbocycles. The van der Waals surface area contributed by atoms with Gasteiger partial charge in [0.2, 0.25) is 11.8 Å². The summed E-state index contributed by atoms with van der Waals surface area (Å²) in [5.41, 5.74) is 0.918. The Labute approximate surface area is 140 Å². The van der Waals surface area contributed by atoms with Gasteiger partial charge in [-0.25, -0.2) is 0 Å². The van der Waals surface area contributed by atoms with Crippen molar-refractivity contribution in [2.24, 2.45) is 0 Å². The molecule has 0 radical (unpaired) electrons. The van der Waals surface area contributed by atoms with Gasteiger partial charge in [-0.05, 0) is 37.0 Å². The summed E-state index contributed by atoms with van der Waals surface area (Å²) in [4.78, 5) is 23.5. The van der Waals surface area contributed by atoms with E-state index in [0.29, 0.717) is 23.0 Å². The molecule has 0 bridgehead atoms. The Balaban J connectivity index is 1.67. The highest BCUT2D eigenvalue weighted by molar-refractivity contribution is 6.35. The van der Waals surface area contributed by atoms with Gasteiger partial charge in [-0.3, -0.25) is 9.59 Å². The van der Waals surface area contributed by atoms with Crippen LogP contribution in [-0.4, -0.2) is 24.4 Å². The summed E-state index contributed by atoms with van der Waals surface area (Å²) >= 11 is 11.9. The number of benzene rings is 1. The van der Waals surface area contributed by atoms with Crippen molar-refractivity contribution in [2.75, 3.05) is 6.54 Å². The fraction of sp³-hybridized carbons (Fsp3) is 0.500. The minimum Gasteiger partial charge on any atom is -0.355 e. The monoisotopic (exact) mass is 342 g/mol. The smallest absolute Gasteiger partial charge is 0.229 e. The SMILES string of the molecule is O=C(CC(=O)NC1CCCC1)NCCc1ccc(Cl)cc1Cl. The van der Waals surface area contributed by atoms with E-state index in [9.17, 15) is 9.59 Å². The zero-order chi connectivity index (χ0) is 15.9. The highest BCUT2D eigenvalue weighted by Gasteiger charge is 2.18. The summed E-state index contributed by atoms with van der Waals surface area (Å²) in [7, 11) is 0. The van der Waals surface area contributed by atoms with E-state index in [1.54, 1.807) is 12.1 Å². The third kappa shape index (κ3) is 5.50. The Morgan fingerprint density at radius 2 is 1.86 bits per heavy atom. The lowest BCUT2D eigenvalue weighted by atomic mass is 10.1. The number of rotatable bonds is 6. The van der Waals surface area contributed by atoms with Gasteiger partial charge in [0.05, 0.1) is 0 Å². The summed E-state index contributed by atoms with van der Waals surface area (Å²) in [6, 6.07) is 5.52. The van der Waals surface area contributed by atoms with Gasteiger partial charge in [-0.1, -0.05) is 42.1 Å². The van der Waals surface area contributed by atoms with Crippen molar-refractivity contribution >= 4 is 35.0 Å². The first-order valence-corrected chi connectivity index (χ1v) is 8.30. The molecule has 0 atom stereocenters. The molecular weight excluding hydrogens is 323 g/mol. The van der Waals surface area contributed by atoms with Gasteiger partial charge in [0.1, 0.15) is 6.42 Å². The minimum absolute atomic E-state index is 0.120. The quantitative estimate of drug-likeness (QED) is 0.780. The normalized spacial score (nSPS) is 14.8. The van der Waals surface area contributed by atoms with E-state index in [1.807, 2.05) is 6.07 Å². The zero-order valence-corrected chi connectivity index (χ0v) is 13.8. The van der Waals surface area contributed by atoms with E-state index < -0.39 is 0 Å². The minimum atomic E-state index is -0.263. The van der Waals surface area contributed by atoms with Crippen LogP contribution in [0, 0.1) is 0 Å². The van der Waals surface area contributed by atoms with Crippen LogP contribution in [0.2, 0.25) is 10.0 Å². The lowest BCUT2D eigenvalue weighted by Crippen LogP contribution is -2.37. The standard InChI is InChI=1S/C16H20Cl2N2O2/c17-12-6-5-11(14(18)9-12)7-8-19-15(21)10-16(22)20-13-3-1-2-4-13/h5-6,9,13H,1-4,7-8,10H2,(H,19,21)(H,20,22). The molecule has 6 heteroatoms. The molecule has 4 nitrogen and oxygen atoms in total. The Bertz CT molecular complexity index is 543. The molecule has 0 heterocycles. The van der Waals surface area contributed by atoms with Gasteiger partial charge < -0.3 is 10.6 Å². The molecule has 0 aliphatic heterocycles. The van der Waals surface area contributed by atoms with Crippen LogP contribution in [0.5, 0.6) is 0 Å². The topological polar surface area (TPSA) is 58.2 Å². The molecule has 2 rings (SSSR count). The third-order valence-electron chi connectivity index (χ3n) is 3.77. The molecule has 1 aromatic rings. The van der Waals surface area contributed by atoms with Crippen LogP contribution < -0.4 is 10.6 Å². The van der Waals surface area contributed by atoms with Crippen LogP contribution >= 0.6 is 23.2 Å². The van der Waals surface area contributed by atoms with Gasteiger partial charge in [0, 0.05) is 22.6 Å². The first-order valence-electron chi connectivity index (χ1n) is 7.54. The van der Waals surface area contributed by atoms with Gasteiger partial charge >= 0.3 is 0 Å². The molecule has 0 saturated heterocycles. The van der Waals surface area contributed by atoms with E-state index in [1.165, 1.54) is 0 Å². The fourth-order valence-corrected chi connectivity index (χ4v) is 3.12. The van der Waals surface area contributed by atoms with Crippen molar-refractivity contribution in [1.29, 1.82) is 0 Å². The first-order chi connectivity index (χ1) is 10.5. The molecule has 0 aromatic heterocycles. The number of hydrogen-bond donors (Lipinski definition) is 2. The van der Waals surface area contributed by atoms with Crippen molar-refractivity contribution in [3.63, 3.8) is 0 Å². The predicted molar refractivity (Wildman–Crippen MR) is 88.2 cm³/mol. The molecule has 1 aromatic carbocycles. The van der Waals surface area contributed by atoms with Gasteiger partial charge in [-0.2, -0.15) is 0 Å². The van der Waals surface area contributed by atoms with Crippen molar-refractivity contribution in [2.45, 2.75) is 44.6 Å². The maximum Gasteiger partial charge on any atom is 0.229 e. The maximum atomic E-state index is 11.7. The van der Waals surface area contributed by atoms with Crippen LogP contribution in [0.1, 0.15) is 37.7 Å². The van der Waals surface area contributed by atoms with Crippen molar-refractivity contribution in [3.8, 4) is 0 Å². The summed E-state index contributed by atoms with van der Waals surface area (Å²) < 4.78 is 0. The number of nitrogens with one attached hydrogen (secondary N) is 2. The number of amides is 2. The predicted octanol–water partition coefficient (Wildman–Crippen LogP) is 3.10. The number of halogens is 2. The lowest BCUT2D eigenvalue weighted by molar-refractivity contribution is -0.129. The molecule has 0 unspecified atom stereocenters. The molecule has 22 heavy (non-hydrogen) atoms. The average molecular weight is 343 g/mol. The maximum absolute atomic E-state index is 11.7. The summed E-state index contributed by atoms with van der Waals surface area (Å²) in [6.45, 7) is 0.441. The average Bonchev–Trinajstić information content (AvgIpc) is 2.93. The number of hydrogen-bond acceptors (Lipinski definition) is 2. The van der Waals surface area contributed by atoms with Gasteiger partial charge in [-0.15, -0.1) is 0 Å². The fourth-order valence-electron chi connectivity index (χ4n) is 2.62. The lowest BCUT2D eigenvalue weighted by Gasteiger charge is -2.12. The van der Waals surface area contributed by atoms with Crippen molar-refractivity contribution in [1.82, 2.24) is 10.6 Å². The van der Waals surface area contributed by atoms with E-state index >= 15 is 0 Å². The molecule has 1 aliphatic rings. The van der Waals surface area contributed by atoms with Crippen molar-refractivity contribution in [3.05, 3.63) is 33.8 Å². The first kappa shape index (κ1) is 17.1. The number of carbonyl (C=O) groups excluding carboxylic acids is 2. The molecule has 1 saturated carbocycles. The van der Waals surface area contributed by atoms with Crippen LogP contribution in [0.25, 0.3) is 0 Å². The highest BCUT2D eigenvalue weighted by atomic mass is 35.5. The van der Waals surface area contributed by atoms with Gasteiger partial charge in [0.25, 0.3) is 0 Å². The number of carbonyl (C=O) groups is 2. The van der Waals surface area contributed by atoms with E-state index in [0.717, 1.165) is 31.2 Å². The zero-order valence-electron chi connectivity index (χ0n) is 12.3. The molecule has 1 fully saturated rings. The molecule has 120 valence electrons. The van der Waals surface area contributed by atoms with Crippen LogP contribution in [0.3, 0.4) is 0 Å². The van der Waals surface area contributed by atoms with E-state index in [2.05, 4.69) is 10.6 Å². The molecule has 2 amide bonds. The molecule has 2 N–H and O–H groups in total. The van der Waals surface area contributed by atoms with Crippen LogP contribution in [0.15, 0.2) is 18.2 Å². The van der Waals surface area contributed by atoms with E-state index in [4.69, 9.17) is 23.2 Å². The Hall–Kier alpha value is -1.26. The Morgan fingerprint density at radius 1 is 1.14 bits per heavy atom. The van der Waals surface area contributed by atoms with Crippen LogP contribution in [0.4, 0.5) is 0 Å².